The molecule has 0 unspecified atom stereocenters. The summed E-state index contributed by atoms with van der Waals surface area (Å²) in [5.41, 5.74) is 0.731. The standard InChI is InChI=1S/C15H17N3O/c19-15(13-3-7-16-8-4-13)18-11-5-14(6-12-18)17-9-1-2-10-17/h1-4,7-10,14H,5-6,11-12H2. The SMILES string of the molecule is O=C(c1ccncc1)N1CCC(n2cccc2)CC1. The van der Waals surface area contributed by atoms with Crippen LogP contribution in [0, 0.1) is 0 Å². The maximum absolute atomic E-state index is 12.3. The molecule has 1 amide bonds. The molecule has 1 saturated heterocycles. The quantitative estimate of drug-likeness (QED) is 0.826. The maximum atomic E-state index is 12.3. The minimum atomic E-state index is 0.119. The Balaban J connectivity index is 1.63. The molecule has 19 heavy (non-hydrogen) atoms. The summed E-state index contributed by atoms with van der Waals surface area (Å²) in [7, 11) is 0. The third-order valence-electron chi connectivity index (χ3n) is 3.73. The summed E-state index contributed by atoms with van der Waals surface area (Å²) >= 11 is 0. The van der Waals surface area contributed by atoms with Crippen LogP contribution in [0.4, 0.5) is 0 Å². The van der Waals surface area contributed by atoms with Crippen LogP contribution in [0.5, 0.6) is 0 Å². The Hall–Kier alpha value is -2.10. The second-order valence-corrected chi connectivity index (χ2v) is 4.89. The van der Waals surface area contributed by atoms with Gasteiger partial charge in [-0.2, -0.15) is 0 Å². The van der Waals surface area contributed by atoms with E-state index in [1.54, 1.807) is 24.5 Å². The highest BCUT2D eigenvalue weighted by molar-refractivity contribution is 5.94. The van der Waals surface area contributed by atoms with Crippen molar-refractivity contribution in [2.75, 3.05) is 13.1 Å². The van der Waals surface area contributed by atoms with Crippen LogP contribution in [0.1, 0.15) is 29.2 Å². The number of aromatic nitrogens is 2. The first kappa shape index (κ1) is 12.0. The molecule has 4 nitrogen and oxygen atoms in total. The molecule has 4 heteroatoms. The smallest absolute Gasteiger partial charge is 0.253 e. The molecule has 98 valence electrons. The van der Waals surface area contributed by atoms with Crippen LogP contribution in [0.2, 0.25) is 0 Å². The number of carbonyl (C=O) groups is 1. The molecule has 0 atom stereocenters. The molecular formula is C15H17N3O. The summed E-state index contributed by atoms with van der Waals surface area (Å²) in [6.45, 7) is 1.65. The molecule has 1 aliphatic heterocycles. The average Bonchev–Trinajstić information content (AvgIpc) is 3.02. The summed E-state index contributed by atoms with van der Waals surface area (Å²) in [4.78, 5) is 18.2. The van der Waals surface area contributed by atoms with E-state index in [1.807, 2.05) is 4.90 Å². The van der Waals surface area contributed by atoms with E-state index in [4.69, 9.17) is 0 Å². The molecular weight excluding hydrogens is 238 g/mol. The van der Waals surface area contributed by atoms with Gasteiger partial charge in [0.2, 0.25) is 0 Å². The minimum absolute atomic E-state index is 0.119. The van der Waals surface area contributed by atoms with Gasteiger partial charge in [-0.05, 0) is 37.1 Å². The highest BCUT2D eigenvalue weighted by atomic mass is 16.2. The molecule has 0 N–H and O–H groups in total. The second-order valence-electron chi connectivity index (χ2n) is 4.89. The number of pyridine rings is 1. The normalized spacial score (nSPS) is 16.5. The van der Waals surface area contributed by atoms with E-state index in [0.717, 1.165) is 31.5 Å². The first-order chi connectivity index (χ1) is 9.34. The molecule has 0 radical (unpaired) electrons. The lowest BCUT2D eigenvalue weighted by Crippen LogP contribution is -2.38. The van der Waals surface area contributed by atoms with Crippen molar-refractivity contribution in [2.45, 2.75) is 18.9 Å². The van der Waals surface area contributed by atoms with Gasteiger partial charge in [-0.1, -0.05) is 0 Å². The first-order valence-corrected chi connectivity index (χ1v) is 6.66. The Kier molecular flexibility index (Phi) is 3.31. The number of piperidine rings is 1. The van der Waals surface area contributed by atoms with E-state index in [2.05, 4.69) is 34.1 Å². The van der Waals surface area contributed by atoms with Crippen LogP contribution in [0.25, 0.3) is 0 Å². The highest BCUT2D eigenvalue weighted by Gasteiger charge is 2.23. The fourth-order valence-electron chi connectivity index (χ4n) is 2.64. The van der Waals surface area contributed by atoms with Crippen molar-refractivity contribution in [3.05, 3.63) is 54.6 Å². The van der Waals surface area contributed by atoms with E-state index in [9.17, 15) is 4.79 Å². The van der Waals surface area contributed by atoms with Crippen LogP contribution in [-0.4, -0.2) is 33.4 Å². The van der Waals surface area contributed by atoms with Crippen molar-refractivity contribution in [3.8, 4) is 0 Å². The van der Waals surface area contributed by atoms with Gasteiger partial charge in [-0.25, -0.2) is 0 Å². The van der Waals surface area contributed by atoms with Gasteiger partial charge in [-0.15, -0.1) is 0 Å². The second kappa shape index (κ2) is 5.26. The highest BCUT2D eigenvalue weighted by Crippen LogP contribution is 2.23. The molecule has 3 rings (SSSR count). The summed E-state index contributed by atoms with van der Waals surface area (Å²) < 4.78 is 2.24. The van der Waals surface area contributed by atoms with Crippen LogP contribution < -0.4 is 0 Å². The number of hydrogen-bond donors (Lipinski definition) is 0. The predicted molar refractivity (Wildman–Crippen MR) is 72.8 cm³/mol. The monoisotopic (exact) mass is 255 g/mol. The van der Waals surface area contributed by atoms with Crippen LogP contribution >= 0.6 is 0 Å². The van der Waals surface area contributed by atoms with Gasteiger partial charge in [0.05, 0.1) is 0 Å². The van der Waals surface area contributed by atoms with Crippen molar-refractivity contribution >= 4 is 5.91 Å². The molecule has 0 bridgehead atoms. The van der Waals surface area contributed by atoms with Crippen molar-refractivity contribution in [2.24, 2.45) is 0 Å². The molecule has 0 aliphatic carbocycles. The third kappa shape index (κ3) is 2.52. The Labute approximate surface area is 112 Å². The largest absolute Gasteiger partial charge is 0.351 e. The maximum Gasteiger partial charge on any atom is 0.253 e. The summed E-state index contributed by atoms with van der Waals surface area (Å²) in [6, 6.07) is 8.18. The van der Waals surface area contributed by atoms with Crippen LogP contribution in [0.15, 0.2) is 49.1 Å². The number of hydrogen-bond acceptors (Lipinski definition) is 2. The minimum Gasteiger partial charge on any atom is -0.351 e. The number of amides is 1. The van der Waals surface area contributed by atoms with Crippen molar-refractivity contribution in [1.82, 2.24) is 14.5 Å². The summed E-state index contributed by atoms with van der Waals surface area (Å²) in [5, 5.41) is 0. The molecule has 3 heterocycles. The third-order valence-corrected chi connectivity index (χ3v) is 3.73. The van der Waals surface area contributed by atoms with E-state index in [-0.39, 0.29) is 5.91 Å². The van der Waals surface area contributed by atoms with E-state index in [1.165, 1.54) is 0 Å². The van der Waals surface area contributed by atoms with E-state index < -0.39 is 0 Å². The van der Waals surface area contributed by atoms with Gasteiger partial charge in [0.15, 0.2) is 0 Å². The molecule has 0 aromatic carbocycles. The van der Waals surface area contributed by atoms with Gasteiger partial charge in [0.1, 0.15) is 0 Å². The molecule has 2 aromatic rings. The van der Waals surface area contributed by atoms with E-state index in [0.29, 0.717) is 6.04 Å². The predicted octanol–water partition coefficient (Wildman–Crippen LogP) is 2.36. The molecule has 2 aromatic heterocycles. The van der Waals surface area contributed by atoms with Gasteiger partial charge >= 0.3 is 0 Å². The Morgan fingerprint density at radius 3 is 2.37 bits per heavy atom. The topological polar surface area (TPSA) is 38.1 Å². The lowest BCUT2D eigenvalue weighted by molar-refractivity contribution is 0.0694. The Morgan fingerprint density at radius 1 is 1.11 bits per heavy atom. The number of rotatable bonds is 2. The van der Waals surface area contributed by atoms with Gasteiger partial charge in [0, 0.05) is 49.5 Å². The van der Waals surface area contributed by atoms with Crippen LogP contribution in [0.3, 0.4) is 0 Å². The molecule has 1 aliphatic rings. The number of carbonyl (C=O) groups excluding carboxylic acids is 1. The Morgan fingerprint density at radius 2 is 1.74 bits per heavy atom. The van der Waals surface area contributed by atoms with Crippen LogP contribution in [-0.2, 0) is 0 Å². The van der Waals surface area contributed by atoms with Gasteiger partial charge < -0.3 is 9.47 Å². The summed E-state index contributed by atoms with van der Waals surface area (Å²) in [6.07, 6.45) is 9.58. The van der Waals surface area contributed by atoms with Crippen molar-refractivity contribution in [3.63, 3.8) is 0 Å². The zero-order valence-corrected chi connectivity index (χ0v) is 10.8. The lowest BCUT2D eigenvalue weighted by Gasteiger charge is -2.32. The van der Waals surface area contributed by atoms with Gasteiger partial charge in [-0.3, -0.25) is 9.78 Å². The van der Waals surface area contributed by atoms with Gasteiger partial charge in [0.25, 0.3) is 5.91 Å². The van der Waals surface area contributed by atoms with E-state index >= 15 is 0 Å². The number of nitrogens with zero attached hydrogens (tertiary/aromatic N) is 3. The fourth-order valence-corrected chi connectivity index (χ4v) is 2.64. The number of likely N-dealkylation sites (tertiary alicyclic amines) is 1. The molecule has 0 saturated carbocycles. The Bertz CT molecular complexity index is 528. The molecule has 0 spiro atoms. The zero-order valence-electron chi connectivity index (χ0n) is 10.8. The fraction of sp³-hybridized carbons (Fsp3) is 0.333. The summed E-state index contributed by atoms with van der Waals surface area (Å²) in [5.74, 6) is 0.119. The lowest BCUT2D eigenvalue weighted by atomic mass is 10.0. The van der Waals surface area contributed by atoms with Crippen molar-refractivity contribution < 1.29 is 4.79 Å². The average molecular weight is 255 g/mol. The first-order valence-electron chi connectivity index (χ1n) is 6.66. The molecule has 1 fully saturated rings. The zero-order chi connectivity index (χ0) is 13.1. The van der Waals surface area contributed by atoms with Crippen molar-refractivity contribution in [1.29, 1.82) is 0 Å².